The van der Waals surface area contributed by atoms with Crippen LogP contribution >= 0.6 is 11.6 Å². The highest BCUT2D eigenvalue weighted by molar-refractivity contribution is 6.30. The lowest BCUT2D eigenvalue weighted by atomic mass is 10.2. The minimum atomic E-state index is -0.596. The van der Waals surface area contributed by atoms with Crippen molar-refractivity contribution >= 4 is 34.0 Å². The van der Waals surface area contributed by atoms with E-state index in [0.717, 1.165) is 13.1 Å². The Morgan fingerprint density at radius 2 is 2.07 bits per heavy atom. The van der Waals surface area contributed by atoms with Gasteiger partial charge >= 0.3 is 0 Å². The van der Waals surface area contributed by atoms with Crippen LogP contribution in [0.5, 0.6) is 11.5 Å². The number of rotatable bonds is 8. The van der Waals surface area contributed by atoms with Gasteiger partial charge in [0.25, 0.3) is 0 Å². The molecule has 3 aromatic rings. The van der Waals surface area contributed by atoms with Crippen molar-refractivity contribution in [1.82, 2.24) is 14.9 Å². The van der Waals surface area contributed by atoms with Crippen molar-refractivity contribution in [3.8, 4) is 11.5 Å². The van der Waals surface area contributed by atoms with Gasteiger partial charge < -0.3 is 24.8 Å². The van der Waals surface area contributed by atoms with E-state index in [0.29, 0.717) is 39.8 Å². The average molecular weight is 433 g/mol. The topological polar surface area (TPSA) is 79.7 Å². The molecule has 158 valence electrons. The molecule has 2 aromatic carbocycles. The largest absolute Gasteiger partial charge is 0.493 e. The lowest BCUT2D eigenvalue weighted by molar-refractivity contribution is 0.0460. The second-order valence-corrected chi connectivity index (χ2v) is 7.55. The van der Waals surface area contributed by atoms with Gasteiger partial charge in [-0.05, 0) is 43.8 Å². The van der Waals surface area contributed by atoms with Gasteiger partial charge in [-0.2, -0.15) is 0 Å². The van der Waals surface area contributed by atoms with Crippen LogP contribution in [0.1, 0.15) is 6.42 Å². The number of aliphatic hydroxyl groups is 1. The van der Waals surface area contributed by atoms with Crippen LogP contribution in [-0.4, -0.2) is 59.4 Å². The lowest BCUT2D eigenvalue weighted by Crippen LogP contribution is -2.43. The van der Waals surface area contributed by atoms with Crippen molar-refractivity contribution in [3.05, 3.63) is 47.5 Å². The summed E-state index contributed by atoms with van der Waals surface area (Å²) in [6.45, 7) is 2.75. The quantitative estimate of drug-likeness (QED) is 0.562. The third-order valence-corrected chi connectivity index (χ3v) is 5.19. The van der Waals surface area contributed by atoms with Crippen LogP contribution in [-0.2, 0) is 0 Å². The van der Waals surface area contributed by atoms with Crippen molar-refractivity contribution in [2.45, 2.75) is 12.5 Å². The molecule has 0 amide bonds. The number of fused-ring (bicyclic) bond motifs is 1. The molecule has 0 spiro atoms. The Bertz CT molecular complexity index is 1050. The Kier molecular flexibility index (Phi) is 6.17. The standard InChI is InChI=1S/C21H22ClFN4O3/c1-29-19-8-15-18(9-20(19)30-11-14(28)10-27-5-2-6-27)24-12-25-21(15)26-17-4-3-13(22)7-16(17)23/h3-4,7-9,12,14,28H,2,5-6,10-11H2,1H3,(H,24,25,26). The van der Waals surface area contributed by atoms with Crippen LogP contribution in [0.2, 0.25) is 5.02 Å². The fourth-order valence-corrected chi connectivity index (χ4v) is 3.41. The van der Waals surface area contributed by atoms with Crippen LogP contribution in [0.25, 0.3) is 10.9 Å². The maximum atomic E-state index is 14.2. The van der Waals surface area contributed by atoms with Gasteiger partial charge in [0.1, 0.15) is 30.7 Å². The van der Waals surface area contributed by atoms with Gasteiger partial charge in [0.15, 0.2) is 11.5 Å². The van der Waals surface area contributed by atoms with E-state index in [2.05, 4.69) is 20.2 Å². The van der Waals surface area contributed by atoms with Crippen molar-refractivity contribution in [2.75, 3.05) is 38.7 Å². The molecule has 1 aliphatic heterocycles. The van der Waals surface area contributed by atoms with E-state index in [1.165, 1.54) is 25.9 Å². The molecule has 0 saturated carbocycles. The van der Waals surface area contributed by atoms with Crippen molar-refractivity contribution in [1.29, 1.82) is 0 Å². The van der Waals surface area contributed by atoms with Gasteiger partial charge in [0, 0.05) is 23.0 Å². The molecule has 1 aliphatic rings. The molecule has 30 heavy (non-hydrogen) atoms. The Labute approximate surface area is 178 Å². The van der Waals surface area contributed by atoms with Gasteiger partial charge in [-0.1, -0.05) is 11.6 Å². The Hall–Kier alpha value is -2.68. The molecule has 0 aliphatic carbocycles. The first kappa shape index (κ1) is 20.6. The van der Waals surface area contributed by atoms with E-state index in [4.69, 9.17) is 21.1 Å². The molecular formula is C21H22ClFN4O3. The Balaban J connectivity index is 1.57. The zero-order valence-corrected chi connectivity index (χ0v) is 17.2. The highest BCUT2D eigenvalue weighted by atomic mass is 35.5. The molecule has 4 rings (SSSR count). The van der Waals surface area contributed by atoms with E-state index in [1.54, 1.807) is 24.3 Å². The number of aromatic nitrogens is 2. The maximum Gasteiger partial charge on any atom is 0.163 e. The number of nitrogens with zero attached hydrogens (tertiary/aromatic N) is 3. The number of ether oxygens (including phenoxy) is 2. The second kappa shape index (κ2) is 8.99. The van der Waals surface area contributed by atoms with Crippen molar-refractivity contribution in [2.24, 2.45) is 0 Å². The van der Waals surface area contributed by atoms with Gasteiger partial charge in [-0.3, -0.25) is 0 Å². The molecule has 2 N–H and O–H groups in total. The fourth-order valence-electron chi connectivity index (χ4n) is 3.26. The van der Waals surface area contributed by atoms with E-state index in [-0.39, 0.29) is 12.3 Å². The van der Waals surface area contributed by atoms with E-state index in [9.17, 15) is 9.50 Å². The zero-order valence-electron chi connectivity index (χ0n) is 16.4. The average Bonchev–Trinajstić information content (AvgIpc) is 2.70. The number of benzene rings is 2. The molecular weight excluding hydrogens is 411 g/mol. The minimum absolute atomic E-state index is 0.143. The summed E-state index contributed by atoms with van der Waals surface area (Å²) >= 11 is 5.82. The number of likely N-dealkylation sites (tertiary alicyclic amines) is 1. The molecule has 2 heterocycles. The second-order valence-electron chi connectivity index (χ2n) is 7.11. The Morgan fingerprint density at radius 3 is 2.77 bits per heavy atom. The van der Waals surface area contributed by atoms with Crippen molar-refractivity contribution < 1.29 is 19.0 Å². The van der Waals surface area contributed by atoms with Crippen LogP contribution in [0.15, 0.2) is 36.7 Å². The van der Waals surface area contributed by atoms with Crippen LogP contribution in [0.4, 0.5) is 15.9 Å². The first-order valence-corrected chi connectivity index (χ1v) is 9.99. The molecule has 0 radical (unpaired) electrons. The summed E-state index contributed by atoms with van der Waals surface area (Å²) in [5.74, 6) is 0.865. The predicted molar refractivity (Wildman–Crippen MR) is 113 cm³/mol. The van der Waals surface area contributed by atoms with Crippen LogP contribution in [0.3, 0.4) is 0 Å². The van der Waals surface area contributed by atoms with Crippen LogP contribution in [0, 0.1) is 5.82 Å². The summed E-state index contributed by atoms with van der Waals surface area (Å²) < 4.78 is 25.4. The lowest BCUT2D eigenvalue weighted by Gasteiger charge is -2.32. The first-order chi connectivity index (χ1) is 14.5. The number of methoxy groups -OCH3 is 1. The molecule has 1 atom stereocenters. The monoisotopic (exact) mass is 432 g/mol. The number of halogens is 2. The van der Waals surface area contributed by atoms with E-state index in [1.807, 2.05) is 0 Å². The maximum absolute atomic E-state index is 14.2. The normalized spacial score (nSPS) is 14.9. The summed E-state index contributed by atoms with van der Waals surface area (Å²) in [6, 6.07) is 7.80. The fraction of sp³-hybridized carbons (Fsp3) is 0.333. The SMILES string of the molecule is COc1cc2c(Nc3ccc(Cl)cc3F)ncnc2cc1OCC(O)CN1CCC1. The first-order valence-electron chi connectivity index (χ1n) is 9.61. The van der Waals surface area contributed by atoms with E-state index >= 15 is 0 Å². The molecule has 1 unspecified atom stereocenters. The number of hydrogen-bond donors (Lipinski definition) is 2. The third kappa shape index (κ3) is 4.56. The Morgan fingerprint density at radius 1 is 1.23 bits per heavy atom. The molecule has 9 heteroatoms. The molecule has 0 bridgehead atoms. The number of β-amino-alcohol motifs (C(OH)–C–C–N with tert-alkyl or cyclic N) is 1. The minimum Gasteiger partial charge on any atom is -0.493 e. The predicted octanol–water partition coefficient (Wildman–Crippen LogP) is 3.62. The summed E-state index contributed by atoms with van der Waals surface area (Å²) in [4.78, 5) is 10.7. The highest BCUT2D eigenvalue weighted by Crippen LogP contribution is 2.35. The molecule has 7 nitrogen and oxygen atoms in total. The van der Waals surface area contributed by atoms with Gasteiger partial charge in [-0.15, -0.1) is 0 Å². The number of nitrogens with one attached hydrogen (secondary N) is 1. The number of hydrogen-bond acceptors (Lipinski definition) is 7. The van der Waals surface area contributed by atoms with Crippen LogP contribution < -0.4 is 14.8 Å². The van der Waals surface area contributed by atoms with Gasteiger partial charge in [0.2, 0.25) is 0 Å². The molecule has 1 saturated heterocycles. The summed E-state index contributed by atoms with van der Waals surface area (Å²) in [7, 11) is 1.53. The highest BCUT2D eigenvalue weighted by Gasteiger charge is 2.19. The molecule has 1 fully saturated rings. The third-order valence-electron chi connectivity index (χ3n) is 4.95. The van der Waals surface area contributed by atoms with Gasteiger partial charge in [0.05, 0.1) is 18.3 Å². The zero-order chi connectivity index (χ0) is 21.1. The smallest absolute Gasteiger partial charge is 0.163 e. The number of aliphatic hydroxyl groups excluding tert-OH is 1. The summed E-state index contributed by atoms with van der Waals surface area (Å²) in [5.41, 5.74) is 0.836. The number of anilines is 2. The summed E-state index contributed by atoms with van der Waals surface area (Å²) in [5, 5.41) is 14.1. The molecule has 1 aromatic heterocycles. The summed E-state index contributed by atoms with van der Waals surface area (Å²) in [6.07, 6.45) is 1.96. The van der Waals surface area contributed by atoms with Crippen molar-refractivity contribution in [3.63, 3.8) is 0 Å². The van der Waals surface area contributed by atoms with Gasteiger partial charge in [-0.25, -0.2) is 14.4 Å². The van der Waals surface area contributed by atoms with E-state index < -0.39 is 11.9 Å².